The van der Waals surface area contributed by atoms with E-state index in [2.05, 4.69) is 41.2 Å². The lowest BCUT2D eigenvalue weighted by Gasteiger charge is -2.12. The van der Waals surface area contributed by atoms with Crippen molar-refractivity contribution in [2.24, 2.45) is 0 Å². The Morgan fingerprint density at radius 2 is 0.921 bits per heavy atom. The molecule has 1 unspecified atom stereocenters. The van der Waals surface area contributed by atoms with Crippen LogP contribution in [0.2, 0.25) is 10.0 Å². The molecular formula is C47H40Cl2F2N8O4. The number of fused-ring (bicyclic) bond motifs is 2. The molecule has 0 saturated carbocycles. The lowest BCUT2D eigenvalue weighted by atomic mass is 9.95. The normalized spacial score (nSPS) is 17.1. The zero-order valence-electron chi connectivity index (χ0n) is 32.8. The van der Waals surface area contributed by atoms with Gasteiger partial charge >= 0.3 is 0 Å². The van der Waals surface area contributed by atoms with E-state index in [1.165, 1.54) is 24.3 Å². The highest BCUT2D eigenvalue weighted by atomic mass is 35.5. The van der Waals surface area contributed by atoms with Crippen molar-refractivity contribution in [1.29, 1.82) is 0 Å². The first-order valence-corrected chi connectivity index (χ1v) is 20.8. The molecule has 4 N–H and O–H groups in total. The molecule has 2 saturated heterocycles. The molecule has 12 nitrogen and oxygen atoms in total. The van der Waals surface area contributed by atoms with Crippen molar-refractivity contribution >= 4 is 46.8 Å². The van der Waals surface area contributed by atoms with Gasteiger partial charge in [0.1, 0.15) is 11.6 Å². The van der Waals surface area contributed by atoms with Crippen molar-refractivity contribution in [2.45, 2.75) is 58.0 Å². The van der Waals surface area contributed by atoms with Crippen LogP contribution in [0.5, 0.6) is 0 Å². The molecule has 2 atom stereocenters. The second-order valence-electron chi connectivity index (χ2n) is 15.3. The molecule has 0 spiro atoms. The van der Waals surface area contributed by atoms with Crippen molar-refractivity contribution in [1.82, 2.24) is 41.2 Å². The summed E-state index contributed by atoms with van der Waals surface area (Å²) in [6.45, 7) is 1.90. The molecule has 0 aliphatic carbocycles. The molecule has 0 bridgehead atoms. The maximum Gasteiger partial charge on any atom is 0.255 e. The van der Waals surface area contributed by atoms with Gasteiger partial charge in [0.05, 0.1) is 80.0 Å². The van der Waals surface area contributed by atoms with Crippen molar-refractivity contribution in [3.8, 4) is 22.8 Å². The van der Waals surface area contributed by atoms with E-state index in [0.29, 0.717) is 59.8 Å². The molecule has 10 rings (SSSR count). The maximum atomic E-state index is 14.5. The number of hydrogen-bond donors (Lipinski definition) is 4. The highest BCUT2D eigenvalue weighted by Gasteiger charge is 2.31. The minimum absolute atomic E-state index is 0. The molecule has 4 amide bonds. The Morgan fingerprint density at radius 3 is 1.27 bits per heavy atom. The molecule has 2 aromatic heterocycles. The summed E-state index contributed by atoms with van der Waals surface area (Å²) >= 11 is 12.4. The average Bonchev–Trinajstić information content (AvgIpc) is 4.06. The molecule has 6 heterocycles. The molecule has 6 aromatic rings. The predicted molar refractivity (Wildman–Crippen MR) is 233 cm³/mol. The average molecular weight is 890 g/mol. The summed E-state index contributed by atoms with van der Waals surface area (Å²) in [5.74, 6) is -1.36. The van der Waals surface area contributed by atoms with Crippen LogP contribution in [-0.4, -0.2) is 56.7 Å². The maximum absolute atomic E-state index is 14.5. The number of carbonyl (C=O) groups excluding carboxylic acids is 4. The van der Waals surface area contributed by atoms with E-state index >= 15 is 0 Å². The van der Waals surface area contributed by atoms with Crippen LogP contribution >= 0.6 is 23.2 Å². The first kappa shape index (κ1) is 43.0. The Balaban J connectivity index is 0.000000170. The molecular weight excluding hydrogens is 849 g/mol. The molecule has 63 heavy (non-hydrogen) atoms. The van der Waals surface area contributed by atoms with Crippen LogP contribution in [0.4, 0.5) is 8.78 Å². The Bertz CT molecular complexity index is 2580. The number of halogens is 4. The van der Waals surface area contributed by atoms with Gasteiger partial charge in [-0.25, -0.2) is 28.7 Å². The minimum atomic E-state index is -0.519. The zero-order valence-corrected chi connectivity index (χ0v) is 34.3. The van der Waals surface area contributed by atoms with E-state index in [9.17, 15) is 28.0 Å². The third-order valence-corrected chi connectivity index (χ3v) is 12.0. The Labute approximate surface area is 371 Å². The summed E-state index contributed by atoms with van der Waals surface area (Å²) in [6.07, 6.45) is 2.30. The second kappa shape index (κ2) is 18.0. The summed E-state index contributed by atoms with van der Waals surface area (Å²) in [6, 6.07) is 24.3. The third-order valence-electron chi connectivity index (χ3n) is 11.4. The van der Waals surface area contributed by atoms with Gasteiger partial charge in [-0.1, -0.05) is 91.3 Å². The van der Waals surface area contributed by atoms with Gasteiger partial charge in [0.15, 0.2) is 11.6 Å². The van der Waals surface area contributed by atoms with Crippen LogP contribution in [0.1, 0.15) is 97.8 Å². The van der Waals surface area contributed by atoms with Crippen LogP contribution in [0, 0.1) is 11.6 Å². The Hall–Kier alpha value is -6.64. The summed E-state index contributed by atoms with van der Waals surface area (Å²) in [5.41, 5.74) is 6.96. The number of amides is 4. The number of nitrogens with one attached hydrogen (secondary N) is 4. The Kier molecular flexibility index (Phi) is 12.3. The van der Waals surface area contributed by atoms with Crippen LogP contribution < -0.4 is 21.3 Å². The topological polar surface area (TPSA) is 168 Å². The van der Waals surface area contributed by atoms with E-state index in [1.54, 1.807) is 12.1 Å². The summed E-state index contributed by atoms with van der Waals surface area (Å²) in [7, 11) is 0. The third kappa shape index (κ3) is 8.60. The van der Waals surface area contributed by atoms with Gasteiger partial charge in [0.2, 0.25) is 11.8 Å². The first-order chi connectivity index (χ1) is 30.0. The van der Waals surface area contributed by atoms with Crippen LogP contribution in [0.3, 0.4) is 0 Å². The molecule has 2 fully saturated rings. The largest absolute Gasteiger partial charge is 0.356 e. The lowest BCUT2D eigenvalue weighted by molar-refractivity contribution is -0.121. The van der Waals surface area contributed by atoms with E-state index in [4.69, 9.17) is 23.2 Å². The van der Waals surface area contributed by atoms with E-state index < -0.39 is 11.6 Å². The van der Waals surface area contributed by atoms with Crippen molar-refractivity contribution < 1.29 is 28.0 Å². The summed E-state index contributed by atoms with van der Waals surface area (Å²) in [4.78, 5) is 66.5. The fourth-order valence-electron chi connectivity index (χ4n) is 8.25. The number of rotatable bonds is 8. The standard InChI is InChI=1S/2C23H18ClFN4O2.CH4/c2*24-15-2-1-3-16(25)19(15)21-28-17(20-18(29-21)11-27-23(20)31)10-12-4-6-13(7-5-12)14-8-9-26-22(14)30;/h2*1-7,14H,8-11H2,(H,26,30)(H,27,31);1H4/t14-;;/m1../s1. The van der Waals surface area contributed by atoms with Gasteiger partial charge in [0.25, 0.3) is 11.8 Å². The van der Waals surface area contributed by atoms with E-state index in [1.807, 2.05) is 48.5 Å². The summed E-state index contributed by atoms with van der Waals surface area (Å²) in [5, 5.41) is 11.6. The van der Waals surface area contributed by atoms with Crippen LogP contribution in [-0.2, 0) is 35.5 Å². The molecule has 320 valence electrons. The zero-order chi connectivity index (χ0) is 43.1. The monoisotopic (exact) mass is 888 g/mol. The van der Waals surface area contributed by atoms with Crippen LogP contribution in [0.15, 0.2) is 84.9 Å². The summed E-state index contributed by atoms with van der Waals surface area (Å²) < 4.78 is 28.9. The Morgan fingerprint density at radius 1 is 0.524 bits per heavy atom. The quantitative estimate of drug-likeness (QED) is 0.123. The van der Waals surface area contributed by atoms with Crippen molar-refractivity contribution in [3.63, 3.8) is 0 Å². The van der Waals surface area contributed by atoms with Crippen molar-refractivity contribution in [3.05, 3.63) is 163 Å². The van der Waals surface area contributed by atoms with Gasteiger partial charge in [-0.05, 0) is 59.4 Å². The van der Waals surface area contributed by atoms with Crippen molar-refractivity contribution in [2.75, 3.05) is 13.1 Å². The van der Waals surface area contributed by atoms with Gasteiger partial charge in [-0.2, -0.15) is 0 Å². The fourth-order valence-corrected chi connectivity index (χ4v) is 8.75. The fraction of sp³-hybridized carbons (Fsp3) is 0.234. The van der Waals surface area contributed by atoms with Gasteiger partial charge in [0, 0.05) is 25.9 Å². The molecule has 4 aliphatic heterocycles. The first-order valence-electron chi connectivity index (χ1n) is 20.0. The SMILES string of the molecule is C.O=C1NCc2nc(-c3c(F)cccc3Cl)nc(Cc3ccc(C4CCNC4=O)cc3)c21.O=C1NCc2nc(-c3c(F)cccc3Cl)nc(Cc3ccc([C@H]4CCNC4=O)cc3)c21. The lowest BCUT2D eigenvalue weighted by Crippen LogP contribution is -2.17. The van der Waals surface area contributed by atoms with Crippen LogP contribution in [0.25, 0.3) is 22.8 Å². The van der Waals surface area contributed by atoms with Gasteiger partial charge in [-0.3, -0.25) is 19.2 Å². The molecule has 4 aliphatic rings. The number of aromatic nitrogens is 4. The number of carbonyl (C=O) groups is 4. The number of hydrogen-bond acceptors (Lipinski definition) is 8. The van der Waals surface area contributed by atoms with E-state index in [-0.39, 0.29) is 88.8 Å². The molecule has 4 aromatic carbocycles. The molecule has 0 radical (unpaired) electrons. The predicted octanol–water partition coefficient (Wildman–Crippen LogP) is 7.38. The highest BCUT2D eigenvalue weighted by molar-refractivity contribution is 6.33. The smallest absolute Gasteiger partial charge is 0.255 e. The highest BCUT2D eigenvalue weighted by Crippen LogP contribution is 2.33. The second-order valence-corrected chi connectivity index (χ2v) is 16.1. The van der Waals surface area contributed by atoms with Gasteiger partial charge in [-0.15, -0.1) is 0 Å². The number of benzene rings is 4. The van der Waals surface area contributed by atoms with E-state index in [0.717, 1.165) is 35.1 Å². The van der Waals surface area contributed by atoms with Gasteiger partial charge < -0.3 is 21.3 Å². The minimum Gasteiger partial charge on any atom is -0.356 e. The number of nitrogens with zero attached hydrogens (tertiary/aromatic N) is 4. The molecule has 16 heteroatoms.